The molecule has 0 radical (unpaired) electrons. The van der Waals surface area contributed by atoms with Gasteiger partial charge in [0.25, 0.3) is 0 Å². The van der Waals surface area contributed by atoms with Crippen molar-refractivity contribution < 1.29 is 46.8 Å². The number of nitrogens with zero attached hydrogens (tertiary/aromatic N) is 1. The van der Waals surface area contributed by atoms with E-state index in [-0.39, 0.29) is 38.3 Å². The molecule has 8 nitrogen and oxygen atoms in total. The molecule has 2 aromatic rings. The molecule has 1 amide bonds. The van der Waals surface area contributed by atoms with Gasteiger partial charge < -0.3 is 29.0 Å². The number of ether oxygens (including phenoxy) is 4. The lowest BCUT2D eigenvalue weighted by molar-refractivity contribution is -0.150. The molecule has 0 aliphatic rings. The number of hydrogen-bond donors (Lipinski definition) is 1. The highest BCUT2D eigenvalue weighted by atomic mass is 19.4. The van der Waals surface area contributed by atoms with Gasteiger partial charge >= 0.3 is 18.2 Å². The first-order chi connectivity index (χ1) is 19.0. The summed E-state index contributed by atoms with van der Waals surface area (Å²) in [7, 11) is 1.47. The van der Waals surface area contributed by atoms with Gasteiger partial charge in [0.15, 0.2) is 17.6 Å². The molecular formula is C29H38F3NO7. The average molecular weight is 570 g/mol. The van der Waals surface area contributed by atoms with Crippen molar-refractivity contribution in [2.45, 2.75) is 64.7 Å². The van der Waals surface area contributed by atoms with Crippen molar-refractivity contribution in [3.05, 3.63) is 53.6 Å². The quantitative estimate of drug-likeness (QED) is 0.220. The van der Waals surface area contributed by atoms with Crippen molar-refractivity contribution in [1.82, 2.24) is 4.90 Å². The van der Waals surface area contributed by atoms with Crippen molar-refractivity contribution in [2.75, 3.05) is 33.4 Å². The fraction of sp³-hybridized carbons (Fsp3) is 0.517. The summed E-state index contributed by atoms with van der Waals surface area (Å²) in [6, 6.07) is 12.1. The van der Waals surface area contributed by atoms with Crippen LogP contribution in [-0.2, 0) is 16.0 Å². The summed E-state index contributed by atoms with van der Waals surface area (Å²) in [5, 5.41) is 9.26. The van der Waals surface area contributed by atoms with E-state index < -0.39 is 30.8 Å². The molecule has 0 spiro atoms. The summed E-state index contributed by atoms with van der Waals surface area (Å²) in [6.45, 7) is 4.49. The molecular weight excluding hydrogens is 531 g/mol. The molecule has 1 atom stereocenters. The van der Waals surface area contributed by atoms with E-state index in [2.05, 4.69) is 0 Å². The molecule has 222 valence electrons. The molecule has 0 aliphatic heterocycles. The molecule has 11 heteroatoms. The van der Waals surface area contributed by atoms with Crippen molar-refractivity contribution in [1.29, 1.82) is 0 Å². The van der Waals surface area contributed by atoms with E-state index in [1.165, 1.54) is 12.0 Å². The van der Waals surface area contributed by atoms with Gasteiger partial charge in [-0.05, 0) is 62.1 Å². The summed E-state index contributed by atoms with van der Waals surface area (Å²) >= 11 is 0. The predicted octanol–water partition coefficient (Wildman–Crippen LogP) is 6.43. The van der Waals surface area contributed by atoms with Gasteiger partial charge in [-0.15, -0.1) is 0 Å². The average Bonchev–Trinajstić information content (AvgIpc) is 2.89. The second-order valence-electron chi connectivity index (χ2n) is 9.27. The second kappa shape index (κ2) is 16.6. The number of aliphatic carboxylic acids is 1. The van der Waals surface area contributed by atoms with Crippen LogP contribution >= 0.6 is 0 Å². The van der Waals surface area contributed by atoms with Gasteiger partial charge in [0.05, 0.1) is 13.7 Å². The monoisotopic (exact) mass is 569 g/mol. The summed E-state index contributed by atoms with van der Waals surface area (Å²) in [5.74, 6) is 0.174. The maximum absolute atomic E-state index is 13.0. The Morgan fingerprint density at radius 2 is 1.68 bits per heavy atom. The van der Waals surface area contributed by atoms with E-state index in [1.54, 1.807) is 43.3 Å². The molecule has 0 aromatic heterocycles. The van der Waals surface area contributed by atoms with Gasteiger partial charge in [-0.25, -0.2) is 9.59 Å². The number of carbonyl (C=O) groups excluding carboxylic acids is 1. The number of rotatable bonds is 17. The zero-order valence-corrected chi connectivity index (χ0v) is 23.2. The van der Waals surface area contributed by atoms with Crippen LogP contribution in [0.25, 0.3) is 0 Å². The number of benzene rings is 2. The minimum absolute atomic E-state index is 0.0469. The molecule has 0 aliphatic carbocycles. The molecule has 0 saturated carbocycles. The predicted molar refractivity (Wildman–Crippen MR) is 143 cm³/mol. The number of carboxylic acids is 1. The van der Waals surface area contributed by atoms with Crippen LogP contribution in [0.1, 0.15) is 50.2 Å². The Balaban J connectivity index is 1.96. The normalized spacial score (nSPS) is 12.1. The molecule has 2 aromatic carbocycles. The SMILES string of the molecule is CCOC(Cc1ccc(OCCN(CCCCCCC(F)(F)F)C(=O)Oc2cc(C)ccc2OC)cc1)C(=O)O. The maximum atomic E-state index is 13.0. The molecule has 0 fully saturated rings. The van der Waals surface area contributed by atoms with E-state index >= 15 is 0 Å². The number of carboxylic acid groups (broad SMARTS) is 1. The van der Waals surface area contributed by atoms with E-state index in [0.717, 1.165) is 11.1 Å². The van der Waals surface area contributed by atoms with Gasteiger partial charge in [-0.2, -0.15) is 13.2 Å². The van der Waals surface area contributed by atoms with E-state index in [4.69, 9.17) is 18.9 Å². The van der Waals surface area contributed by atoms with Crippen molar-refractivity contribution in [2.24, 2.45) is 0 Å². The zero-order chi connectivity index (χ0) is 29.5. The van der Waals surface area contributed by atoms with Crippen LogP contribution in [0.2, 0.25) is 0 Å². The fourth-order valence-corrected chi connectivity index (χ4v) is 3.93. The van der Waals surface area contributed by atoms with Gasteiger partial charge in [-0.1, -0.05) is 31.0 Å². The van der Waals surface area contributed by atoms with Crippen LogP contribution in [0.5, 0.6) is 17.2 Å². The standard InChI is InChI=1S/C29H38F3NO7/c1-4-38-26(27(34)35)20-22-10-12-23(13-11-22)39-18-17-33(16-8-6-5-7-15-29(30,31)32)28(36)40-25-19-21(2)9-14-24(25)37-3/h9-14,19,26H,4-8,15-18,20H2,1-3H3,(H,34,35). The van der Waals surface area contributed by atoms with E-state index in [1.807, 2.05) is 13.0 Å². The Hall–Kier alpha value is -3.47. The third kappa shape index (κ3) is 12.1. The number of methoxy groups -OCH3 is 1. The highest BCUT2D eigenvalue weighted by molar-refractivity contribution is 5.73. The Labute approximate surface area is 233 Å². The number of halogens is 3. The van der Waals surface area contributed by atoms with Crippen molar-refractivity contribution in [3.63, 3.8) is 0 Å². The number of unbranched alkanes of at least 4 members (excludes halogenated alkanes) is 3. The molecule has 1 unspecified atom stereocenters. The third-order valence-corrected chi connectivity index (χ3v) is 6.03. The number of hydrogen-bond acceptors (Lipinski definition) is 6. The molecule has 0 bridgehead atoms. The fourth-order valence-electron chi connectivity index (χ4n) is 3.93. The highest BCUT2D eigenvalue weighted by Gasteiger charge is 2.26. The summed E-state index contributed by atoms with van der Waals surface area (Å²) in [4.78, 5) is 25.8. The summed E-state index contributed by atoms with van der Waals surface area (Å²) < 4.78 is 59.1. The van der Waals surface area contributed by atoms with Gasteiger partial charge in [-0.3, -0.25) is 0 Å². The largest absolute Gasteiger partial charge is 0.493 e. The Bertz CT molecular complexity index is 1060. The van der Waals surface area contributed by atoms with Crippen molar-refractivity contribution >= 4 is 12.1 Å². The van der Waals surface area contributed by atoms with E-state index in [0.29, 0.717) is 37.4 Å². The number of carbonyl (C=O) groups is 2. The van der Waals surface area contributed by atoms with Gasteiger partial charge in [0.2, 0.25) is 0 Å². The van der Waals surface area contributed by atoms with Crippen molar-refractivity contribution in [3.8, 4) is 17.2 Å². The smallest absolute Gasteiger partial charge is 0.415 e. The first kappa shape index (κ1) is 32.7. The lowest BCUT2D eigenvalue weighted by Gasteiger charge is -2.23. The molecule has 40 heavy (non-hydrogen) atoms. The van der Waals surface area contributed by atoms with Crippen LogP contribution in [0.4, 0.5) is 18.0 Å². The lowest BCUT2D eigenvalue weighted by atomic mass is 10.1. The number of aryl methyl sites for hydroxylation is 1. The highest BCUT2D eigenvalue weighted by Crippen LogP contribution is 2.28. The van der Waals surface area contributed by atoms with Gasteiger partial charge in [0.1, 0.15) is 12.4 Å². The Kier molecular flexibility index (Phi) is 13.6. The Morgan fingerprint density at radius 3 is 2.30 bits per heavy atom. The number of alkyl halides is 3. The van der Waals surface area contributed by atoms with Crippen LogP contribution in [-0.4, -0.2) is 67.8 Å². The molecule has 0 saturated heterocycles. The minimum Gasteiger partial charge on any atom is -0.493 e. The molecule has 0 heterocycles. The van der Waals surface area contributed by atoms with Gasteiger partial charge in [0, 0.05) is 26.0 Å². The first-order valence-corrected chi connectivity index (χ1v) is 13.3. The lowest BCUT2D eigenvalue weighted by Crippen LogP contribution is -2.37. The topological polar surface area (TPSA) is 94.5 Å². The first-order valence-electron chi connectivity index (χ1n) is 13.3. The number of amides is 1. The Morgan fingerprint density at radius 1 is 0.975 bits per heavy atom. The molecule has 2 rings (SSSR count). The second-order valence-corrected chi connectivity index (χ2v) is 9.27. The summed E-state index contributed by atoms with van der Waals surface area (Å²) in [6.07, 6.45) is -4.82. The van der Waals surface area contributed by atoms with Crippen LogP contribution in [0.3, 0.4) is 0 Å². The summed E-state index contributed by atoms with van der Waals surface area (Å²) in [5.41, 5.74) is 1.65. The van der Waals surface area contributed by atoms with Crippen LogP contribution in [0, 0.1) is 6.92 Å². The minimum atomic E-state index is -4.17. The van der Waals surface area contributed by atoms with Crippen LogP contribution < -0.4 is 14.2 Å². The van der Waals surface area contributed by atoms with E-state index in [9.17, 15) is 27.9 Å². The maximum Gasteiger partial charge on any atom is 0.415 e. The molecule has 1 N–H and O–H groups in total. The van der Waals surface area contributed by atoms with Crippen LogP contribution in [0.15, 0.2) is 42.5 Å². The zero-order valence-electron chi connectivity index (χ0n) is 23.2. The third-order valence-electron chi connectivity index (χ3n) is 6.03.